The Balaban J connectivity index is 1.54. The molecule has 0 radical (unpaired) electrons. The Morgan fingerprint density at radius 3 is 3.12 bits per heavy atom. The molecule has 1 fully saturated rings. The predicted octanol–water partition coefficient (Wildman–Crippen LogP) is 1.59. The first-order valence-electron chi connectivity index (χ1n) is 5.60. The van der Waals surface area contributed by atoms with Crippen LogP contribution in [0.1, 0.15) is 17.1 Å². The van der Waals surface area contributed by atoms with Crippen LogP contribution < -0.4 is 5.32 Å². The Morgan fingerprint density at radius 1 is 1.71 bits per heavy atom. The summed E-state index contributed by atoms with van der Waals surface area (Å²) in [6.45, 7) is 3.33. The van der Waals surface area contributed by atoms with Gasteiger partial charge in [-0.2, -0.15) is 11.8 Å². The molecule has 0 spiro atoms. The van der Waals surface area contributed by atoms with Gasteiger partial charge in [-0.25, -0.2) is 4.98 Å². The standard InChI is InChI=1S/C11H16N2O2S2/c1-8-12-10(7-17-8)6-16-3-2-11(14)13-9-4-15-5-9/h7,9H,2-6H2,1H3,(H,13,14). The van der Waals surface area contributed by atoms with E-state index in [4.69, 9.17) is 4.74 Å². The minimum Gasteiger partial charge on any atom is -0.377 e. The van der Waals surface area contributed by atoms with Gasteiger partial charge in [0.15, 0.2) is 0 Å². The molecule has 0 unspecified atom stereocenters. The van der Waals surface area contributed by atoms with Gasteiger partial charge in [-0.15, -0.1) is 11.3 Å². The molecule has 1 aliphatic heterocycles. The highest BCUT2D eigenvalue weighted by atomic mass is 32.2. The van der Waals surface area contributed by atoms with Crippen molar-refractivity contribution < 1.29 is 9.53 Å². The molecule has 1 amide bonds. The summed E-state index contributed by atoms with van der Waals surface area (Å²) < 4.78 is 4.99. The lowest BCUT2D eigenvalue weighted by atomic mass is 10.2. The smallest absolute Gasteiger partial charge is 0.221 e. The topological polar surface area (TPSA) is 51.2 Å². The molecular weight excluding hydrogens is 256 g/mol. The highest BCUT2D eigenvalue weighted by Crippen LogP contribution is 2.15. The lowest BCUT2D eigenvalue weighted by Gasteiger charge is -2.26. The van der Waals surface area contributed by atoms with Gasteiger partial charge >= 0.3 is 0 Å². The zero-order chi connectivity index (χ0) is 12.1. The summed E-state index contributed by atoms with van der Waals surface area (Å²) in [4.78, 5) is 15.8. The van der Waals surface area contributed by atoms with Crippen LogP contribution in [0.25, 0.3) is 0 Å². The number of ether oxygens (including phenoxy) is 1. The second-order valence-electron chi connectivity index (χ2n) is 3.96. The molecule has 0 atom stereocenters. The maximum absolute atomic E-state index is 11.5. The summed E-state index contributed by atoms with van der Waals surface area (Å²) in [7, 11) is 0. The second-order valence-corrected chi connectivity index (χ2v) is 6.13. The average molecular weight is 272 g/mol. The van der Waals surface area contributed by atoms with Gasteiger partial charge in [-0.1, -0.05) is 0 Å². The number of rotatable bonds is 6. The van der Waals surface area contributed by atoms with Crippen molar-refractivity contribution >= 4 is 29.0 Å². The summed E-state index contributed by atoms with van der Waals surface area (Å²) in [6.07, 6.45) is 0.574. The molecule has 4 nitrogen and oxygen atoms in total. The first kappa shape index (κ1) is 12.9. The van der Waals surface area contributed by atoms with Crippen molar-refractivity contribution in [2.45, 2.75) is 25.1 Å². The Morgan fingerprint density at radius 2 is 2.53 bits per heavy atom. The van der Waals surface area contributed by atoms with Crippen LogP contribution in [0, 0.1) is 6.92 Å². The van der Waals surface area contributed by atoms with Crippen LogP contribution in [0.2, 0.25) is 0 Å². The third-order valence-corrected chi connectivity index (χ3v) is 4.21. The van der Waals surface area contributed by atoms with E-state index in [9.17, 15) is 4.79 Å². The summed E-state index contributed by atoms with van der Waals surface area (Å²) in [5.74, 6) is 1.86. The molecule has 0 aliphatic carbocycles. The van der Waals surface area contributed by atoms with Crippen molar-refractivity contribution in [3.8, 4) is 0 Å². The van der Waals surface area contributed by atoms with E-state index < -0.39 is 0 Å². The van der Waals surface area contributed by atoms with Gasteiger partial charge in [-0.05, 0) is 6.92 Å². The predicted molar refractivity (Wildman–Crippen MR) is 70.4 cm³/mol. The van der Waals surface area contributed by atoms with Crippen molar-refractivity contribution in [2.75, 3.05) is 19.0 Å². The molecule has 0 bridgehead atoms. The molecule has 2 rings (SSSR count). The van der Waals surface area contributed by atoms with Crippen LogP contribution in [-0.2, 0) is 15.3 Å². The maximum atomic E-state index is 11.5. The molecular formula is C11H16N2O2S2. The highest BCUT2D eigenvalue weighted by molar-refractivity contribution is 7.98. The zero-order valence-electron chi connectivity index (χ0n) is 9.77. The Kier molecular flexibility index (Phi) is 4.82. The summed E-state index contributed by atoms with van der Waals surface area (Å²) in [5.41, 5.74) is 1.12. The fourth-order valence-corrected chi connectivity index (χ4v) is 2.98. The number of hydrogen-bond donors (Lipinski definition) is 1. The monoisotopic (exact) mass is 272 g/mol. The SMILES string of the molecule is Cc1nc(CSCCC(=O)NC2COC2)cs1. The lowest BCUT2D eigenvalue weighted by molar-refractivity contribution is -0.124. The van der Waals surface area contributed by atoms with E-state index in [1.807, 2.05) is 6.92 Å². The normalized spacial score (nSPS) is 15.6. The van der Waals surface area contributed by atoms with E-state index >= 15 is 0 Å². The molecule has 1 aromatic rings. The first-order valence-corrected chi connectivity index (χ1v) is 7.63. The van der Waals surface area contributed by atoms with Crippen molar-refractivity contribution in [2.24, 2.45) is 0 Å². The van der Waals surface area contributed by atoms with Crippen molar-refractivity contribution in [3.05, 3.63) is 16.1 Å². The number of nitrogens with zero attached hydrogens (tertiary/aromatic N) is 1. The average Bonchev–Trinajstić information content (AvgIpc) is 2.65. The maximum Gasteiger partial charge on any atom is 0.221 e. The van der Waals surface area contributed by atoms with Crippen molar-refractivity contribution in [1.82, 2.24) is 10.3 Å². The zero-order valence-corrected chi connectivity index (χ0v) is 11.4. The van der Waals surface area contributed by atoms with E-state index in [1.54, 1.807) is 23.1 Å². The second kappa shape index (κ2) is 6.37. The van der Waals surface area contributed by atoms with Crippen LogP contribution >= 0.6 is 23.1 Å². The molecule has 1 N–H and O–H groups in total. The summed E-state index contributed by atoms with van der Waals surface area (Å²) in [6, 6.07) is 0.244. The molecule has 94 valence electrons. The number of thioether (sulfide) groups is 1. The fourth-order valence-electron chi connectivity index (χ4n) is 1.44. The number of carbonyl (C=O) groups is 1. The number of hydrogen-bond acceptors (Lipinski definition) is 5. The number of amides is 1. The Labute approximate surface area is 109 Å². The van der Waals surface area contributed by atoms with Gasteiger partial charge in [0.1, 0.15) is 0 Å². The number of aromatic nitrogens is 1. The summed E-state index contributed by atoms with van der Waals surface area (Å²) >= 11 is 3.42. The van der Waals surface area contributed by atoms with Crippen LogP contribution in [0.5, 0.6) is 0 Å². The van der Waals surface area contributed by atoms with Crippen LogP contribution in [-0.4, -0.2) is 35.9 Å². The van der Waals surface area contributed by atoms with Crippen molar-refractivity contribution in [1.29, 1.82) is 0 Å². The van der Waals surface area contributed by atoms with E-state index in [2.05, 4.69) is 15.7 Å². The summed E-state index contributed by atoms with van der Waals surface area (Å²) in [5, 5.41) is 6.11. The fraction of sp³-hybridized carbons (Fsp3) is 0.636. The minimum absolute atomic E-state index is 0.125. The number of nitrogens with one attached hydrogen (secondary N) is 1. The molecule has 1 saturated heterocycles. The van der Waals surface area contributed by atoms with Crippen molar-refractivity contribution in [3.63, 3.8) is 0 Å². The van der Waals surface area contributed by atoms with E-state index in [-0.39, 0.29) is 11.9 Å². The van der Waals surface area contributed by atoms with Gasteiger partial charge in [0.25, 0.3) is 0 Å². The van der Waals surface area contributed by atoms with Gasteiger partial charge in [0.05, 0.1) is 30.0 Å². The van der Waals surface area contributed by atoms with Crippen LogP contribution in [0.15, 0.2) is 5.38 Å². The quantitative estimate of drug-likeness (QED) is 0.799. The molecule has 2 heterocycles. The molecule has 17 heavy (non-hydrogen) atoms. The van der Waals surface area contributed by atoms with Gasteiger partial charge in [0, 0.05) is 23.3 Å². The van der Waals surface area contributed by atoms with Gasteiger partial charge in [0.2, 0.25) is 5.91 Å². The molecule has 1 aromatic heterocycles. The van der Waals surface area contributed by atoms with Gasteiger partial charge in [-0.3, -0.25) is 4.79 Å². The molecule has 1 aliphatic rings. The molecule has 6 heteroatoms. The number of thiazole rings is 1. The molecule has 0 saturated carbocycles. The largest absolute Gasteiger partial charge is 0.377 e. The number of carbonyl (C=O) groups excluding carboxylic acids is 1. The van der Waals surface area contributed by atoms with E-state index in [0.29, 0.717) is 19.6 Å². The number of aryl methyl sites for hydroxylation is 1. The molecule has 0 aromatic carbocycles. The minimum atomic E-state index is 0.125. The third kappa shape index (κ3) is 4.29. The highest BCUT2D eigenvalue weighted by Gasteiger charge is 2.19. The van der Waals surface area contributed by atoms with Crippen LogP contribution in [0.3, 0.4) is 0 Å². The van der Waals surface area contributed by atoms with Gasteiger partial charge < -0.3 is 10.1 Å². The Hall–Kier alpha value is -0.590. The van der Waals surface area contributed by atoms with E-state index in [1.165, 1.54) is 0 Å². The van der Waals surface area contributed by atoms with E-state index in [0.717, 1.165) is 22.2 Å². The Bertz CT molecular complexity index is 377. The first-order chi connectivity index (χ1) is 8.24. The third-order valence-electron chi connectivity index (χ3n) is 2.39. The lowest BCUT2D eigenvalue weighted by Crippen LogP contribution is -2.48. The van der Waals surface area contributed by atoms with Crippen LogP contribution in [0.4, 0.5) is 0 Å².